The van der Waals surface area contributed by atoms with Gasteiger partial charge in [0, 0.05) is 23.8 Å². The van der Waals surface area contributed by atoms with Crippen LogP contribution >= 0.6 is 11.3 Å². The normalized spacial score (nSPS) is 11.5. The number of H-pyrrole nitrogens is 1. The Balaban J connectivity index is 2.03. The van der Waals surface area contributed by atoms with E-state index in [1.54, 1.807) is 18.4 Å². The second-order valence-corrected chi connectivity index (χ2v) is 6.28. The topological polar surface area (TPSA) is 50.8 Å². The molecule has 0 atom stereocenters. The van der Waals surface area contributed by atoms with E-state index in [1.807, 2.05) is 25.1 Å². The standard InChI is InChI=1S/C17H15N3OS/c1-10-8-12(9-21-2)13-15-16(22-17(13)18-10)14(19-20-15)11-6-4-3-5-7-11/h3-8H,9H2,1-2H3,(H,19,20). The number of benzene rings is 1. The highest BCUT2D eigenvalue weighted by Gasteiger charge is 2.17. The van der Waals surface area contributed by atoms with Crippen LogP contribution in [0.2, 0.25) is 0 Å². The molecule has 0 bridgehead atoms. The third-order valence-electron chi connectivity index (χ3n) is 3.71. The maximum Gasteiger partial charge on any atom is 0.126 e. The van der Waals surface area contributed by atoms with Gasteiger partial charge < -0.3 is 4.74 Å². The third-order valence-corrected chi connectivity index (χ3v) is 4.80. The molecular weight excluding hydrogens is 294 g/mol. The molecule has 0 saturated carbocycles. The fourth-order valence-electron chi connectivity index (χ4n) is 2.81. The summed E-state index contributed by atoms with van der Waals surface area (Å²) in [5.41, 5.74) is 5.32. The minimum Gasteiger partial charge on any atom is -0.380 e. The van der Waals surface area contributed by atoms with E-state index in [9.17, 15) is 0 Å². The summed E-state index contributed by atoms with van der Waals surface area (Å²) >= 11 is 1.68. The first kappa shape index (κ1) is 13.4. The number of hydrogen-bond acceptors (Lipinski definition) is 4. The lowest BCUT2D eigenvalue weighted by Crippen LogP contribution is -1.92. The van der Waals surface area contributed by atoms with Gasteiger partial charge in [-0.05, 0) is 18.6 Å². The van der Waals surface area contributed by atoms with E-state index in [0.717, 1.165) is 42.9 Å². The van der Waals surface area contributed by atoms with E-state index in [0.29, 0.717) is 6.61 Å². The van der Waals surface area contributed by atoms with Crippen LogP contribution in [0.1, 0.15) is 11.3 Å². The van der Waals surface area contributed by atoms with Gasteiger partial charge in [-0.15, -0.1) is 11.3 Å². The summed E-state index contributed by atoms with van der Waals surface area (Å²) in [5, 5.41) is 8.84. The first-order valence-electron chi connectivity index (χ1n) is 7.09. The highest BCUT2D eigenvalue weighted by atomic mass is 32.1. The average molecular weight is 309 g/mol. The molecule has 4 aromatic rings. The Labute approximate surface area is 131 Å². The largest absolute Gasteiger partial charge is 0.380 e. The minimum atomic E-state index is 0.575. The highest BCUT2D eigenvalue weighted by molar-refractivity contribution is 7.25. The molecule has 0 fully saturated rings. The van der Waals surface area contributed by atoms with Gasteiger partial charge in [0.1, 0.15) is 10.5 Å². The molecule has 1 N–H and O–H groups in total. The molecule has 110 valence electrons. The zero-order chi connectivity index (χ0) is 15.1. The van der Waals surface area contributed by atoms with Gasteiger partial charge in [-0.25, -0.2) is 4.98 Å². The predicted molar refractivity (Wildman–Crippen MR) is 90.2 cm³/mol. The number of ether oxygens (including phenoxy) is 1. The number of fused-ring (bicyclic) bond motifs is 3. The van der Waals surface area contributed by atoms with Gasteiger partial charge in [-0.2, -0.15) is 5.10 Å². The Morgan fingerprint density at radius 3 is 2.82 bits per heavy atom. The molecular formula is C17H15N3OS. The number of nitrogens with one attached hydrogen (secondary N) is 1. The van der Waals surface area contributed by atoms with E-state index in [-0.39, 0.29) is 0 Å². The predicted octanol–water partition coefficient (Wildman–Crippen LogP) is 4.29. The molecule has 4 nitrogen and oxygen atoms in total. The summed E-state index contributed by atoms with van der Waals surface area (Å²) in [6.07, 6.45) is 0. The Morgan fingerprint density at radius 2 is 2.05 bits per heavy atom. The van der Waals surface area contributed by atoms with E-state index in [2.05, 4.69) is 33.4 Å². The lowest BCUT2D eigenvalue weighted by Gasteiger charge is -2.03. The van der Waals surface area contributed by atoms with Crippen molar-refractivity contribution >= 4 is 31.8 Å². The van der Waals surface area contributed by atoms with E-state index >= 15 is 0 Å². The molecule has 0 radical (unpaired) electrons. The number of rotatable bonds is 3. The fourth-order valence-corrected chi connectivity index (χ4v) is 4.04. The molecule has 0 aliphatic carbocycles. The molecule has 0 aliphatic heterocycles. The van der Waals surface area contributed by atoms with Crippen molar-refractivity contribution in [3.8, 4) is 11.3 Å². The van der Waals surface area contributed by atoms with Crippen molar-refractivity contribution in [2.45, 2.75) is 13.5 Å². The lowest BCUT2D eigenvalue weighted by atomic mass is 10.1. The van der Waals surface area contributed by atoms with Crippen LogP contribution < -0.4 is 0 Å². The molecule has 0 unspecified atom stereocenters. The molecule has 0 amide bonds. The van der Waals surface area contributed by atoms with Crippen molar-refractivity contribution in [3.05, 3.63) is 47.7 Å². The Hall–Kier alpha value is -2.24. The quantitative estimate of drug-likeness (QED) is 0.614. The summed E-state index contributed by atoms with van der Waals surface area (Å²) in [6.45, 7) is 2.59. The first-order valence-corrected chi connectivity index (χ1v) is 7.91. The lowest BCUT2D eigenvalue weighted by molar-refractivity contribution is 0.186. The Morgan fingerprint density at radius 1 is 1.23 bits per heavy atom. The number of aryl methyl sites for hydroxylation is 1. The number of nitrogens with zero attached hydrogens (tertiary/aromatic N) is 2. The molecule has 3 heterocycles. The number of hydrogen-bond donors (Lipinski definition) is 1. The SMILES string of the molecule is COCc1cc(C)nc2sc3c(-c4ccccc4)n[nH]c3c12. The van der Waals surface area contributed by atoms with Gasteiger partial charge in [0.05, 0.1) is 16.8 Å². The molecule has 1 aromatic carbocycles. The molecule has 0 aliphatic rings. The van der Waals surface area contributed by atoms with Gasteiger partial charge in [-0.3, -0.25) is 5.10 Å². The van der Waals surface area contributed by atoms with E-state index < -0.39 is 0 Å². The van der Waals surface area contributed by atoms with Crippen LogP contribution in [-0.4, -0.2) is 22.3 Å². The van der Waals surface area contributed by atoms with Crippen LogP contribution in [0.5, 0.6) is 0 Å². The van der Waals surface area contributed by atoms with E-state index in [1.165, 1.54) is 0 Å². The number of aromatic nitrogens is 3. The molecule has 0 saturated heterocycles. The van der Waals surface area contributed by atoms with Gasteiger partial charge in [-0.1, -0.05) is 30.3 Å². The number of methoxy groups -OCH3 is 1. The molecule has 4 rings (SSSR count). The number of pyridine rings is 1. The first-order chi connectivity index (χ1) is 10.8. The molecule has 5 heteroatoms. The molecule has 22 heavy (non-hydrogen) atoms. The summed E-state index contributed by atoms with van der Waals surface area (Å²) in [6, 6.07) is 12.3. The second-order valence-electron chi connectivity index (χ2n) is 5.28. The van der Waals surface area contributed by atoms with Crippen LogP contribution in [0.25, 0.3) is 31.7 Å². The molecule has 0 spiro atoms. The Bertz CT molecular complexity index is 956. The summed E-state index contributed by atoms with van der Waals surface area (Å²) < 4.78 is 6.49. The maximum atomic E-state index is 5.34. The van der Waals surface area contributed by atoms with Crippen LogP contribution in [0.4, 0.5) is 0 Å². The third kappa shape index (κ3) is 2.01. The van der Waals surface area contributed by atoms with Crippen LogP contribution in [0, 0.1) is 6.92 Å². The highest BCUT2D eigenvalue weighted by Crippen LogP contribution is 2.39. The van der Waals surface area contributed by atoms with Crippen molar-refractivity contribution in [2.75, 3.05) is 7.11 Å². The smallest absolute Gasteiger partial charge is 0.126 e. The van der Waals surface area contributed by atoms with Gasteiger partial charge in [0.25, 0.3) is 0 Å². The average Bonchev–Trinajstić information content (AvgIpc) is 3.06. The van der Waals surface area contributed by atoms with E-state index in [4.69, 9.17) is 4.74 Å². The maximum absolute atomic E-state index is 5.34. The van der Waals surface area contributed by atoms with Crippen molar-refractivity contribution < 1.29 is 4.74 Å². The zero-order valence-corrected chi connectivity index (χ0v) is 13.2. The van der Waals surface area contributed by atoms with Gasteiger partial charge in [0.2, 0.25) is 0 Å². The van der Waals surface area contributed by atoms with Gasteiger partial charge >= 0.3 is 0 Å². The molecule has 3 aromatic heterocycles. The summed E-state index contributed by atoms with van der Waals surface area (Å²) in [5.74, 6) is 0. The van der Waals surface area contributed by atoms with Crippen LogP contribution in [0.15, 0.2) is 36.4 Å². The zero-order valence-electron chi connectivity index (χ0n) is 12.4. The van der Waals surface area contributed by atoms with Crippen LogP contribution in [0.3, 0.4) is 0 Å². The monoisotopic (exact) mass is 309 g/mol. The summed E-state index contributed by atoms with van der Waals surface area (Å²) in [7, 11) is 1.72. The van der Waals surface area contributed by atoms with Crippen LogP contribution in [-0.2, 0) is 11.3 Å². The number of thiophene rings is 1. The number of aromatic amines is 1. The summed E-state index contributed by atoms with van der Waals surface area (Å²) in [4.78, 5) is 5.71. The minimum absolute atomic E-state index is 0.575. The second kappa shape index (κ2) is 5.19. The van der Waals surface area contributed by atoms with Crippen molar-refractivity contribution in [1.29, 1.82) is 0 Å². The van der Waals surface area contributed by atoms with Gasteiger partial charge in [0.15, 0.2) is 0 Å². The van der Waals surface area contributed by atoms with Crippen molar-refractivity contribution in [3.63, 3.8) is 0 Å². The van der Waals surface area contributed by atoms with Crippen molar-refractivity contribution in [2.24, 2.45) is 0 Å². The Kier molecular flexibility index (Phi) is 3.17. The van der Waals surface area contributed by atoms with Crippen molar-refractivity contribution in [1.82, 2.24) is 15.2 Å². The fraction of sp³-hybridized carbons (Fsp3) is 0.176.